The molecule has 5 nitrogen and oxygen atoms in total. The Hall–Kier alpha value is -2.48. The summed E-state index contributed by atoms with van der Waals surface area (Å²) < 4.78 is 15.7. The first-order chi connectivity index (χ1) is 10.2. The summed E-state index contributed by atoms with van der Waals surface area (Å²) in [5.41, 5.74) is 0.603. The largest absolute Gasteiger partial charge is 0.490 e. The second-order valence-corrected chi connectivity index (χ2v) is 4.15. The van der Waals surface area contributed by atoms with E-state index in [1.54, 1.807) is 18.2 Å². The van der Waals surface area contributed by atoms with Crippen molar-refractivity contribution in [1.29, 1.82) is 5.26 Å². The summed E-state index contributed by atoms with van der Waals surface area (Å²) >= 11 is 0. The summed E-state index contributed by atoms with van der Waals surface area (Å²) in [4.78, 5) is 11.4. The van der Waals surface area contributed by atoms with Crippen LogP contribution in [-0.2, 0) is 9.53 Å². The quantitative estimate of drug-likeness (QED) is 0.438. The second kappa shape index (κ2) is 8.64. The average Bonchev–Trinajstić information content (AvgIpc) is 2.51. The minimum absolute atomic E-state index is 0.0674. The van der Waals surface area contributed by atoms with Crippen molar-refractivity contribution in [2.45, 2.75) is 20.3 Å². The summed E-state index contributed by atoms with van der Waals surface area (Å²) in [6.45, 7) is 4.99. The Morgan fingerprint density at radius 1 is 1.29 bits per heavy atom. The van der Waals surface area contributed by atoms with Gasteiger partial charge >= 0.3 is 5.97 Å². The summed E-state index contributed by atoms with van der Waals surface area (Å²) in [5, 5.41) is 8.96. The van der Waals surface area contributed by atoms with Gasteiger partial charge in [-0.25, -0.2) is 4.79 Å². The molecule has 0 saturated carbocycles. The van der Waals surface area contributed by atoms with Crippen LogP contribution in [-0.4, -0.2) is 26.3 Å². The van der Waals surface area contributed by atoms with E-state index in [2.05, 4.69) is 4.74 Å². The number of nitriles is 1. The number of esters is 1. The van der Waals surface area contributed by atoms with Gasteiger partial charge in [-0.1, -0.05) is 13.0 Å². The van der Waals surface area contributed by atoms with E-state index in [0.29, 0.717) is 30.3 Å². The molecular weight excluding hydrogens is 270 g/mol. The molecule has 21 heavy (non-hydrogen) atoms. The summed E-state index contributed by atoms with van der Waals surface area (Å²) in [7, 11) is 1.24. The number of carbonyl (C=O) groups excluding carboxylic acids is 1. The first-order valence-electron chi connectivity index (χ1n) is 6.76. The van der Waals surface area contributed by atoms with Crippen LogP contribution >= 0.6 is 0 Å². The fourth-order valence-electron chi connectivity index (χ4n) is 1.63. The van der Waals surface area contributed by atoms with Crippen LogP contribution in [0.1, 0.15) is 25.8 Å². The van der Waals surface area contributed by atoms with Gasteiger partial charge in [-0.2, -0.15) is 5.26 Å². The lowest BCUT2D eigenvalue weighted by Gasteiger charge is -2.12. The van der Waals surface area contributed by atoms with E-state index >= 15 is 0 Å². The molecule has 0 heterocycles. The SMILES string of the molecule is CCCOc1ccc(/C=C(\C#N)C(=O)OC)cc1OCC. The highest BCUT2D eigenvalue weighted by molar-refractivity contribution is 5.97. The van der Waals surface area contributed by atoms with E-state index < -0.39 is 5.97 Å². The van der Waals surface area contributed by atoms with Crippen LogP contribution in [0.25, 0.3) is 6.08 Å². The van der Waals surface area contributed by atoms with Gasteiger partial charge in [0, 0.05) is 0 Å². The maximum Gasteiger partial charge on any atom is 0.348 e. The number of methoxy groups -OCH3 is 1. The zero-order valence-electron chi connectivity index (χ0n) is 12.5. The van der Waals surface area contributed by atoms with Gasteiger partial charge in [-0.15, -0.1) is 0 Å². The molecule has 112 valence electrons. The van der Waals surface area contributed by atoms with E-state index in [-0.39, 0.29) is 5.57 Å². The van der Waals surface area contributed by atoms with Crippen molar-refractivity contribution in [3.05, 3.63) is 29.3 Å². The van der Waals surface area contributed by atoms with Crippen LogP contribution in [0.3, 0.4) is 0 Å². The highest BCUT2D eigenvalue weighted by Crippen LogP contribution is 2.29. The second-order valence-electron chi connectivity index (χ2n) is 4.15. The summed E-state index contributed by atoms with van der Waals surface area (Å²) in [6.07, 6.45) is 2.35. The van der Waals surface area contributed by atoms with Crippen LogP contribution < -0.4 is 9.47 Å². The predicted octanol–water partition coefficient (Wildman–Crippen LogP) is 2.95. The number of carbonyl (C=O) groups is 1. The molecule has 1 rings (SSSR count). The highest BCUT2D eigenvalue weighted by Gasteiger charge is 2.10. The lowest BCUT2D eigenvalue weighted by molar-refractivity contribution is -0.135. The first-order valence-corrected chi connectivity index (χ1v) is 6.76. The number of hydrogen-bond acceptors (Lipinski definition) is 5. The summed E-state index contributed by atoms with van der Waals surface area (Å²) in [5.74, 6) is 0.566. The maximum atomic E-state index is 11.4. The average molecular weight is 289 g/mol. The van der Waals surface area contributed by atoms with Gasteiger partial charge in [-0.3, -0.25) is 0 Å². The molecule has 0 aromatic heterocycles. The Morgan fingerprint density at radius 3 is 2.62 bits per heavy atom. The Labute approximate surface area is 124 Å². The zero-order valence-corrected chi connectivity index (χ0v) is 12.5. The number of ether oxygens (including phenoxy) is 3. The van der Waals surface area contributed by atoms with E-state index in [0.717, 1.165) is 6.42 Å². The van der Waals surface area contributed by atoms with Crippen molar-refractivity contribution in [1.82, 2.24) is 0 Å². The molecule has 0 fully saturated rings. The van der Waals surface area contributed by atoms with Crippen molar-refractivity contribution in [3.8, 4) is 17.6 Å². The van der Waals surface area contributed by atoms with E-state index in [1.807, 2.05) is 19.9 Å². The fraction of sp³-hybridized carbons (Fsp3) is 0.375. The third-order valence-corrected chi connectivity index (χ3v) is 2.57. The van der Waals surface area contributed by atoms with Crippen molar-refractivity contribution >= 4 is 12.0 Å². The molecule has 0 radical (unpaired) electrons. The lowest BCUT2D eigenvalue weighted by atomic mass is 10.1. The molecule has 1 aromatic carbocycles. The Balaban J connectivity index is 3.10. The van der Waals surface area contributed by atoms with Crippen molar-refractivity contribution in [3.63, 3.8) is 0 Å². The molecular formula is C16H19NO4. The number of benzene rings is 1. The first kappa shape index (κ1) is 16.6. The Morgan fingerprint density at radius 2 is 2.05 bits per heavy atom. The van der Waals surface area contributed by atoms with Gasteiger partial charge < -0.3 is 14.2 Å². The Bertz CT molecular complexity index is 558. The number of rotatable bonds is 7. The number of hydrogen-bond donors (Lipinski definition) is 0. The topological polar surface area (TPSA) is 68.5 Å². The van der Waals surface area contributed by atoms with E-state index in [1.165, 1.54) is 13.2 Å². The molecule has 0 amide bonds. The van der Waals surface area contributed by atoms with E-state index in [9.17, 15) is 4.79 Å². The van der Waals surface area contributed by atoms with Gasteiger partial charge in [0.1, 0.15) is 11.6 Å². The minimum atomic E-state index is -0.665. The van der Waals surface area contributed by atoms with Gasteiger partial charge in [0.05, 0.1) is 20.3 Å². The smallest absolute Gasteiger partial charge is 0.348 e. The van der Waals surface area contributed by atoms with Gasteiger partial charge in [-0.05, 0) is 37.1 Å². The fourth-order valence-corrected chi connectivity index (χ4v) is 1.63. The molecule has 0 unspecified atom stereocenters. The predicted molar refractivity (Wildman–Crippen MR) is 79.0 cm³/mol. The normalized spacial score (nSPS) is 10.7. The monoisotopic (exact) mass is 289 g/mol. The van der Waals surface area contributed by atoms with E-state index in [4.69, 9.17) is 14.7 Å². The van der Waals surface area contributed by atoms with Crippen LogP contribution in [0.15, 0.2) is 23.8 Å². The molecule has 5 heteroatoms. The number of nitrogens with zero attached hydrogens (tertiary/aromatic N) is 1. The molecule has 0 saturated heterocycles. The van der Waals surface area contributed by atoms with Crippen LogP contribution in [0.2, 0.25) is 0 Å². The van der Waals surface area contributed by atoms with Crippen LogP contribution in [0.5, 0.6) is 11.5 Å². The molecule has 0 aliphatic heterocycles. The third-order valence-electron chi connectivity index (χ3n) is 2.57. The minimum Gasteiger partial charge on any atom is -0.490 e. The molecule has 0 atom stereocenters. The Kier molecular flexibility index (Phi) is 6.82. The third kappa shape index (κ3) is 4.84. The molecule has 0 bridgehead atoms. The molecule has 0 spiro atoms. The molecule has 0 aliphatic rings. The maximum absolute atomic E-state index is 11.4. The molecule has 0 aliphatic carbocycles. The standard InChI is InChI=1S/C16H19NO4/c1-4-8-21-14-7-6-12(10-15(14)20-5-2)9-13(11-17)16(18)19-3/h6-7,9-10H,4-5,8H2,1-3H3/b13-9+. The van der Waals surface area contributed by atoms with Crippen molar-refractivity contribution in [2.75, 3.05) is 20.3 Å². The van der Waals surface area contributed by atoms with Gasteiger partial charge in [0.25, 0.3) is 0 Å². The zero-order chi connectivity index (χ0) is 15.7. The molecule has 1 aromatic rings. The van der Waals surface area contributed by atoms with Gasteiger partial charge in [0.15, 0.2) is 11.5 Å². The molecule has 0 N–H and O–H groups in total. The summed E-state index contributed by atoms with van der Waals surface area (Å²) in [6, 6.07) is 7.07. The van der Waals surface area contributed by atoms with Gasteiger partial charge in [0.2, 0.25) is 0 Å². The van der Waals surface area contributed by atoms with Crippen LogP contribution in [0, 0.1) is 11.3 Å². The van der Waals surface area contributed by atoms with Crippen molar-refractivity contribution < 1.29 is 19.0 Å². The van der Waals surface area contributed by atoms with Crippen LogP contribution in [0.4, 0.5) is 0 Å². The lowest BCUT2D eigenvalue weighted by Crippen LogP contribution is -2.03. The van der Waals surface area contributed by atoms with Crippen molar-refractivity contribution in [2.24, 2.45) is 0 Å². The highest BCUT2D eigenvalue weighted by atomic mass is 16.5.